The number of aldehydes is 2. The van der Waals surface area contributed by atoms with E-state index in [1.54, 1.807) is 27.7 Å². The minimum absolute atomic E-state index is 0.0558. The molecule has 1 aromatic heterocycles. The topological polar surface area (TPSA) is 203 Å². The van der Waals surface area contributed by atoms with E-state index >= 15 is 0 Å². The highest BCUT2D eigenvalue weighted by Gasteiger charge is 2.39. The van der Waals surface area contributed by atoms with E-state index in [0.717, 1.165) is 0 Å². The van der Waals surface area contributed by atoms with Crippen molar-refractivity contribution in [3.05, 3.63) is 63.5 Å². The zero-order valence-electron chi connectivity index (χ0n) is 22.9. The summed E-state index contributed by atoms with van der Waals surface area (Å²) < 4.78 is 0. The summed E-state index contributed by atoms with van der Waals surface area (Å²) in [7, 11) is 0. The maximum atomic E-state index is 13.1. The second-order valence-corrected chi connectivity index (χ2v) is 10.5. The largest absolute Gasteiger partial charge is 0.507 e. The Kier molecular flexibility index (Phi) is 9.01. The van der Waals surface area contributed by atoms with Crippen molar-refractivity contribution in [2.24, 2.45) is 11.8 Å². The van der Waals surface area contributed by atoms with E-state index in [1.807, 2.05) is 0 Å². The van der Waals surface area contributed by atoms with Crippen LogP contribution >= 0.6 is 0 Å². The fourth-order valence-corrected chi connectivity index (χ4v) is 4.73. The highest BCUT2D eigenvalue weighted by Crippen LogP contribution is 2.54. The van der Waals surface area contributed by atoms with E-state index in [4.69, 9.17) is 0 Å². The molecule has 216 valence electrons. The van der Waals surface area contributed by atoms with Crippen molar-refractivity contribution in [2.75, 3.05) is 0 Å². The van der Waals surface area contributed by atoms with E-state index in [0.29, 0.717) is 0 Å². The first kappa shape index (κ1) is 30.6. The maximum absolute atomic E-state index is 13.1. The number of ketones is 2. The number of aromatic nitrogens is 1. The summed E-state index contributed by atoms with van der Waals surface area (Å²) in [4.78, 5) is 54.3. The van der Waals surface area contributed by atoms with Crippen LogP contribution in [0.5, 0.6) is 34.5 Å². The molecule has 11 nitrogen and oxygen atoms in total. The molecular weight excluding hydrogens is 534 g/mol. The molecule has 0 aliphatic carbocycles. The minimum atomic E-state index is -1.73. The molecule has 0 radical (unpaired) electrons. The molecule has 0 spiro atoms. The first-order chi connectivity index (χ1) is 19.3. The van der Waals surface area contributed by atoms with Crippen molar-refractivity contribution in [3.8, 4) is 34.5 Å². The Morgan fingerprint density at radius 2 is 1.10 bits per heavy atom. The van der Waals surface area contributed by atoms with Gasteiger partial charge in [-0.3, -0.25) is 24.2 Å². The van der Waals surface area contributed by atoms with Gasteiger partial charge in [-0.2, -0.15) is 0 Å². The number of pyridine rings is 1. The molecule has 0 unspecified atom stereocenters. The van der Waals surface area contributed by atoms with Crippen molar-refractivity contribution in [3.63, 3.8) is 0 Å². The van der Waals surface area contributed by atoms with Gasteiger partial charge in [0, 0.05) is 19.0 Å². The summed E-state index contributed by atoms with van der Waals surface area (Å²) in [6.45, 7) is 6.81. The summed E-state index contributed by atoms with van der Waals surface area (Å²) in [5.41, 5.74) is -4.28. The average Bonchev–Trinajstić information content (AvgIpc) is 2.87. The van der Waals surface area contributed by atoms with Gasteiger partial charge in [0.05, 0.1) is 33.9 Å². The molecule has 0 bridgehead atoms. The van der Waals surface area contributed by atoms with E-state index in [1.165, 1.54) is 24.4 Å². The Morgan fingerprint density at radius 3 is 1.41 bits per heavy atom. The van der Waals surface area contributed by atoms with Gasteiger partial charge >= 0.3 is 0 Å². The molecule has 0 amide bonds. The first-order valence-corrected chi connectivity index (χ1v) is 12.8. The zero-order chi connectivity index (χ0) is 30.8. The fraction of sp³-hybridized carbons (Fsp3) is 0.300. The fourth-order valence-electron chi connectivity index (χ4n) is 4.73. The quantitative estimate of drug-likeness (QED) is 0.140. The Balaban J connectivity index is 2.58. The molecule has 3 rings (SSSR count). The normalized spacial score (nSPS) is 11.3. The zero-order valence-corrected chi connectivity index (χ0v) is 22.9. The van der Waals surface area contributed by atoms with Gasteiger partial charge in [-0.05, 0) is 24.0 Å². The number of hydrogen-bond donors (Lipinski definition) is 6. The predicted molar refractivity (Wildman–Crippen MR) is 146 cm³/mol. The molecule has 0 atom stereocenters. The van der Waals surface area contributed by atoms with Crippen molar-refractivity contribution in [1.82, 2.24) is 4.98 Å². The molecule has 0 aliphatic heterocycles. The van der Waals surface area contributed by atoms with Gasteiger partial charge in [0.25, 0.3) is 0 Å². The van der Waals surface area contributed by atoms with E-state index in [-0.39, 0.29) is 42.9 Å². The summed E-state index contributed by atoms with van der Waals surface area (Å²) in [5.74, 6) is -9.72. The summed E-state index contributed by atoms with van der Waals surface area (Å²) >= 11 is 0. The molecular formula is C30H31NO10. The van der Waals surface area contributed by atoms with Gasteiger partial charge in [0.2, 0.25) is 0 Å². The molecule has 0 saturated heterocycles. The molecule has 0 aliphatic rings. The van der Waals surface area contributed by atoms with Crippen molar-refractivity contribution < 1.29 is 49.8 Å². The number of Topliss-reactive ketones (excluding diaryl/α,β-unsaturated/α-hetero) is 2. The van der Waals surface area contributed by atoms with E-state index < -0.39 is 85.4 Å². The third kappa shape index (κ3) is 5.56. The van der Waals surface area contributed by atoms with Gasteiger partial charge < -0.3 is 30.6 Å². The lowest BCUT2D eigenvalue weighted by molar-refractivity contribution is 0.0952. The van der Waals surface area contributed by atoms with E-state index in [2.05, 4.69) is 4.98 Å². The smallest absolute Gasteiger partial charge is 0.170 e. The van der Waals surface area contributed by atoms with E-state index in [9.17, 15) is 49.8 Å². The number of benzene rings is 2. The second kappa shape index (κ2) is 12.1. The van der Waals surface area contributed by atoms with Gasteiger partial charge in [-0.25, -0.2) is 0 Å². The van der Waals surface area contributed by atoms with Crippen LogP contribution in [-0.4, -0.2) is 59.8 Å². The number of carbonyl (C=O) groups is 4. The SMILES string of the molecule is CC(C)CC(=O)c1c(O)c(C=O)c(O)c(C(c2ccccn2)c2c(O)c(C=O)c(O)c(C(=O)CC(C)C)c2O)c1O. The van der Waals surface area contributed by atoms with Crippen LogP contribution in [0, 0.1) is 11.8 Å². The standard InChI is InChI=1S/C30H31NO10/c1-13(2)9-18(34)21-25(36)15(11-32)27(38)23(29(21)40)20(17-7-5-6-8-31-17)24-28(39)16(12-33)26(37)22(30(24)41)19(35)10-14(3)4/h5-8,11-14,20,36-41H,9-10H2,1-4H3. The maximum Gasteiger partial charge on any atom is 0.170 e. The average molecular weight is 566 g/mol. The Hall–Kier alpha value is -4.93. The van der Waals surface area contributed by atoms with Crippen LogP contribution in [0.25, 0.3) is 0 Å². The summed E-state index contributed by atoms with van der Waals surface area (Å²) in [6, 6.07) is 4.35. The Bertz CT molecular complexity index is 1430. The third-order valence-electron chi connectivity index (χ3n) is 6.53. The van der Waals surface area contributed by atoms with Gasteiger partial charge in [0.15, 0.2) is 24.1 Å². The lowest BCUT2D eigenvalue weighted by Gasteiger charge is -2.26. The molecule has 0 fully saturated rings. The van der Waals surface area contributed by atoms with Crippen molar-refractivity contribution in [2.45, 2.75) is 46.5 Å². The lowest BCUT2D eigenvalue weighted by Crippen LogP contribution is -2.14. The lowest BCUT2D eigenvalue weighted by atomic mass is 9.80. The Morgan fingerprint density at radius 1 is 0.683 bits per heavy atom. The highest BCUT2D eigenvalue weighted by molar-refractivity contribution is 6.07. The summed E-state index contributed by atoms with van der Waals surface area (Å²) in [5, 5.41) is 66.5. The number of nitrogens with zero attached hydrogens (tertiary/aromatic N) is 1. The number of aromatic hydroxyl groups is 6. The Labute approximate surface area is 235 Å². The van der Waals surface area contributed by atoms with Crippen LogP contribution in [0.1, 0.15) is 105 Å². The molecule has 3 aromatic rings. The van der Waals surface area contributed by atoms with Crippen molar-refractivity contribution >= 4 is 24.1 Å². The molecule has 6 N–H and O–H groups in total. The first-order valence-electron chi connectivity index (χ1n) is 12.8. The number of hydrogen-bond acceptors (Lipinski definition) is 11. The monoisotopic (exact) mass is 565 g/mol. The van der Waals surface area contributed by atoms with Gasteiger partial charge in [-0.15, -0.1) is 0 Å². The van der Waals surface area contributed by atoms with Crippen LogP contribution in [0.2, 0.25) is 0 Å². The number of phenols is 6. The van der Waals surface area contributed by atoms with Crippen LogP contribution in [-0.2, 0) is 0 Å². The highest BCUT2D eigenvalue weighted by atomic mass is 16.3. The number of rotatable bonds is 11. The van der Waals surface area contributed by atoms with Crippen LogP contribution < -0.4 is 0 Å². The predicted octanol–water partition coefficient (Wildman–Crippen LogP) is 4.58. The second-order valence-electron chi connectivity index (χ2n) is 10.5. The van der Waals surface area contributed by atoms with Crippen LogP contribution in [0.3, 0.4) is 0 Å². The summed E-state index contributed by atoms with van der Waals surface area (Å²) in [6.07, 6.45) is 1.07. The molecule has 2 aromatic carbocycles. The van der Waals surface area contributed by atoms with Crippen molar-refractivity contribution in [1.29, 1.82) is 0 Å². The minimum Gasteiger partial charge on any atom is -0.507 e. The van der Waals surface area contributed by atoms with Crippen LogP contribution in [0.15, 0.2) is 24.4 Å². The number of phenolic OH excluding ortho intramolecular Hbond substituents is 6. The molecule has 1 heterocycles. The van der Waals surface area contributed by atoms with Gasteiger partial charge in [0.1, 0.15) is 45.6 Å². The molecule has 0 saturated carbocycles. The molecule has 41 heavy (non-hydrogen) atoms. The number of carbonyl (C=O) groups excluding carboxylic acids is 4. The molecule has 11 heteroatoms. The third-order valence-corrected chi connectivity index (χ3v) is 6.53. The van der Waals surface area contributed by atoms with Crippen LogP contribution in [0.4, 0.5) is 0 Å². The van der Waals surface area contributed by atoms with Gasteiger partial charge in [-0.1, -0.05) is 33.8 Å².